The Morgan fingerprint density at radius 2 is 2.04 bits per heavy atom. The maximum atomic E-state index is 12.2. The SMILES string of the molecule is COc1ccccc1C(=O)NCCc1ccc2c(c1)CCC(=O)N2. The van der Waals surface area contributed by atoms with Gasteiger partial charge in [0.15, 0.2) is 0 Å². The van der Waals surface area contributed by atoms with Crippen molar-refractivity contribution >= 4 is 17.5 Å². The summed E-state index contributed by atoms with van der Waals surface area (Å²) < 4.78 is 5.21. The van der Waals surface area contributed by atoms with Crippen LogP contribution in [0.3, 0.4) is 0 Å². The van der Waals surface area contributed by atoms with Crippen molar-refractivity contribution in [1.82, 2.24) is 5.32 Å². The minimum Gasteiger partial charge on any atom is -0.496 e. The minimum atomic E-state index is -0.141. The molecule has 5 nitrogen and oxygen atoms in total. The molecule has 0 aromatic heterocycles. The summed E-state index contributed by atoms with van der Waals surface area (Å²) in [6.07, 6.45) is 2.03. The zero-order chi connectivity index (χ0) is 16.9. The van der Waals surface area contributed by atoms with Crippen molar-refractivity contribution in [2.75, 3.05) is 19.0 Å². The topological polar surface area (TPSA) is 67.4 Å². The summed E-state index contributed by atoms with van der Waals surface area (Å²) in [5, 5.41) is 5.79. The highest BCUT2D eigenvalue weighted by molar-refractivity contribution is 5.97. The molecule has 1 aliphatic heterocycles. The van der Waals surface area contributed by atoms with Gasteiger partial charge in [-0.1, -0.05) is 24.3 Å². The van der Waals surface area contributed by atoms with Crippen LogP contribution in [-0.2, 0) is 17.6 Å². The first-order valence-electron chi connectivity index (χ1n) is 8.00. The van der Waals surface area contributed by atoms with E-state index in [1.807, 2.05) is 24.3 Å². The number of methoxy groups -OCH3 is 1. The first kappa shape index (κ1) is 16.1. The maximum Gasteiger partial charge on any atom is 0.255 e. The summed E-state index contributed by atoms with van der Waals surface area (Å²) in [5.41, 5.74) is 3.73. The maximum absolute atomic E-state index is 12.2. The van der Waals surface area contributed by atoms with Gasteiger partial charge in [-0.3, -0.25) is 9.59 Å². The summed E-state index contributed by atoms with van der Waals surface area (Å²) >= 11 is 0. The lowest BCUT2D eigenvalue weighted by atomic mass is 9.99. The van der Waals surface area contributed by atoms with E-state index in [2.05, 4.69) is 16.7 Å². The van der Waals surface area contributed by atoms with Crippen molar-refractivity contribution in [3.8, 4) is 5.75 Å². The zero-order valence-electron chi connectivity index (χ0n) is 13.6. The Kier molecular flexibility index (Phi) is 4.79. The number of fused-ring (bicyclic) bond motifs is 1. The molecule has 1 heterocycles. The third-order valence-electron chi connectivity index (χ3n) is 4.12. The molecule has 0 atom stereocenters. The molecule has 0 spiro atoms. The van der Waals surface area contributed by atoms with Crippen molar-refractivity contribution in [1.29, 1.82) is 0 Å². The normalized spacial score (nSPS) is 13.0. The zero-order valence-corrected chi connectivity index (χ0v) is 13.6. The first-order valence-corrected chi connectivity index (χ1v) is 8.00. The Labute approximate surface area is 141 Å². The number of rotatable bonds is 5. The lowest BCUT2D eigenvalue weighted by Crippen LogP contribution is -2.26. The number of benzene rings is 2. The number of carbonyl (C=O) groups is 2. The summed E-state index contributed by atoms with van der Waals surface area (Å²) in [6.45, 7) is 0.544. The van der Waals surface area contributed by atoms with E-state index < -0.39 is 0 Å². The van der Waals surface area contributed by atoms with Gasteiger partial charge in [0.05, 0.1) is 12.7 Å². The van der Waals surface area contributed by atoms with Gasteiger partial charge in [-0.15, -0.1) is 0 Å². The molecule has 0 bridgehead atoms. The first-order chi connectivity index (χ1) is 11.7. The monoisotopic (exact) mass is 324 g/mol. The predicted molar refractivity (Wildman–Crippen MR) is 92.4 cm³/mol. The standard InChI is InChI=1S/C19H20N2O3/c1-24-17-5-3-2-4-15(17)19(23)20-11-10-13-6-8-16-14(12-13)7-9-18(22)21-16/h2-6,8,12H,7,9-11H2,1H3,(H,20,23)(H,21,22). The van der Waals surface area contributed by atoms with Gasteiger partial charge in [0.2, 0.25) is 5.91 Å². The van der Waals surface area contributed by atoms with Crippen LogP contribution < -0.4 is 15.4 Å². The molecule has 0 saturated carbocycles. The van der Waals surface area contributed by atoms with E-state index in [4.69, 9.17) is 4.74 Å². The van der Waals surface area contributed by atoms with E-state index in [0.717, 1.165) is 29.7 Å². The molecule has 2 N–H and O–H groups in total. The number of anilines is 1. The summed E-state index contributed by atoms with van der Waals surface area (Å²) in [4.78, 5) is 23.6. The van der Waals surface area contributed by atoms with Crippen molar-refractivity contribution < 1.29 is 14.3 Å². The predicted octanol–water partition coefficient (Wildman–Crippen LogP) is 2.55. The van der Waals surface area contributed by atoms with Crippen molar-refractivity contribution in [3.63, 3.8) is 0 Å². The third-order valence-corrected chi connectivity index (χ3v) is 4.12. The van der Waals surface area contributed by atoms with Crippen LogP contribution in [0.4, 0.5) is 5.69 Å². The molecule has 2 aromatic carbocycles. The van der Waals surface area contributed by atoms with E-state index >= 15 is 0 Å². The molecule has 0 fully saturated rings. The van der Waals surface area contributed by atoms with Crippen LogP contribution in [-0.4, -0.2) is 25.5 Å². The van der Waals surface area contributed by atoms with E-state index in [-0.39, 0.29) is 11.8 Å². The number of amides is 2. The number of carbonyl (C=O) groups excluding carboxylic acids is 2. The molecular weight excluding hydrogens is 304 g/mol. The van der Waals surface area contributed by atoms with Gasteiger partial charge < -0.3 is 15.4 Å². The van der Waals surface area contributed by atoms with E-state index in [0.29, 0.717) is 24.3 Å². The molecule has 5 heteroatoms. The molecular formula is C19H20N2O3. The Morgan fingerprint density at radius 1 is 1.21 bits per heavy atom. The van der Waals surface area contributed by atoms with Crippen LogP contribution in [0.5, 0.6) is 5.75 Å². The fourth-order valence-corrected chi connectivity index (χ4v) is 2.84. The number of nitrogens with one attached hydrogen (secondary N) is 2. The largest absolute Gasteiger partial charge is 0.496 e. The molecule has 0 unspecified atom stereocenters. The van der Waals surface area contributed by atoms with Gasteiger partial charge in [0.1, 0.15) is 5.75 Å². The lowest BCUT2D eigenvalue weighted by molar-refractivity contribution is -0.116. The van der Waals surface area contributed by atoms with Crippen molar-refractivity contribution in [2.45, 2.75) is 19.3 Å². The fourth-order valence-electron chi connectivity index (χ4n) is 2.84. The molecule has 24 heavy (non-hydrogen) atoms. The molecule has 0 saturated heterocycles. The highest BCUT2D eigenvalue weighted by atomic mass is 16.5. The summed E-state index contributed by atoms with van der Waals surface area (Å²) in [7, 11) is 1.55. The highest BCUT2D eigenvalue weighted by Crippen LogP contribution is 2.23. The smallest absolute Gasteiger partial charge is 0.255 e. The highest BCUT2D eigenvalue weighted by Gasteiger charge is 2.15. The van der Waals surface area contributed by atoms with Crippen LogP contribution >= 0.6 is 0 Å². The van der Waals surface area contributed by atoms with E-state index in [1.54, 1.807) is 19.2 Å². The Morgan fingerprint density at radius 3 is 2.88 bits per heavy atom. The van der Waals surface area contributed by atoms with E-state index in [9.17, 15) is 9.59 Å². The van der Waals surface area contributed by atoms with Crippen molar-refractivity contribution in [2.24, 2.45) is 0 Å². The molecule has 2 aromatic rings. The second-order valence-electron chi connectivity index (χ2n) is 5.75. The minimum absolute atomic E-state index is 0.0688. The second-order valence-corrected chi connectivity index (χ2v) is 5.75. The Bertz CT molecular complexity index is 771. The Balaban J connectivity index is 1.58. The Hall–Kier alpha value is -2.82. The van der Waals surface area contributed by atoms with Gasteiger partial charge in [-0.25, -0.2) is 0 Å². The van der Waals surface area contributed by atoms with Gasteiger partial charge in [-0.2, -0.15) is 0 Å². The van der Waals surface area contributed by atoms with Gasteiger partial charge >= 0.3 is 0 Å². The molecule has 2 amide bonds. The van der Waals surface area contributed by atoms with Crippen molar-refractivity contribution in [3.05, 3.63) is 59.2 Å². The van der Waals surface area contributed by atoms with Gasteiger partial charge in [0, 0.05) is 18.7 Å². The van der Waals surface area contributed by atoms with Crippen LogP contribution in [0, 0.1) is 0 Å². The van der Waals surface area contributed by atoms with Crippen LogP contribution in [0.2, 0.25) is 0 Å². The number of para-hydroxylation sites is 1. The molecule has 3 rings (SSSR count). The quantitative estimate of drug-likeness (QED) is 0.888. The summed E-state index contributed by atoms with van der Waals surface area (Å²) in [6, 6.07) is 13.2. The molecule has 0 radical (unpaired) electrons. The molecule has 1 aliphatic rings. The third kappa shape index (κ3) is 3.56. The molecule has 124 valence electrons. The number of hydrogen-bond donors (Lipinski definition) is 2. The average Bonchev–Trinajstić information content (AvgIpc) is 2.61. The second kappa shape index (κ2) is 7.17. The van der Waals surface area contributed by atoms with Crippen LogP contribution in [0.1, 0.15) is 27.9 Å². The number of hydrogen-bond acceptors (Lipinski definition) is 3. The fraction of sp³-hybridized carbons (Fsp3) is 0.263. The summed E-state index contributed by atoms with van der Waals surface area (Å²) in [5.74, 6) is 0.497. The van der Waals surface area contributed by atoms with E-state index in [1.165, 1.54) is 0 Å². The van der Waals surface area contributed by atoms with Crippen LogP contribution in [0.15, 0.2) is 42.5 Å². The molecule has 0 aliphatic carbocycles. The average molecular weight is 324 g/mol. The lowest BCUT2D eigenvalue weighted by Gasteiger charge is -2.17. The number of aryl methyl sites for hydroxylation is 1. The van der Waals surface area contributed by atoms with Gasteiger partial charge in [0.25, 0.3) is 5.91 Å². The van der Waals surface area contributed by atoms with Crippen LogP contribution in [0.25, 0.3) is 0 Å². The van der Waals surface area contributed by atoms with Gasteiger partial charge in [-0.05, 0) is 42.2 Å². The number of ether oxygens (including phenoxy) is 1.